The molecule has 0 aliphatic rings. The first-order valence-electron chi connectivity index (χ1n) is 4.11. The summed E-state index contributed by atoms with van der Waals surface area (Å²) in [4.78, 5) is 0. The topological polar surface area (TPSA) is 12.0 Å². The van der Waals surface area contributed by atoms with Gasteiger partial charge in [0.15, 0.2) is 0 Å². The molecule has 0 bridgehead atoms. The molecule has 0 spiro atoms. The van der Waals surface area contributed by atoms with Crippen LogP contribution in [0.25, 0.3) is 0 Å². The van der Waals surface area contributed by atoms with E-state index < -0.39 is 0 Å². The number of rotatable bonds is 6. The molecule has 10 heavy (non-hydrogen) atoms. The Balaban J connectivity index is 3.21. The van der Waals surface area contributed by atoms with Crippen molar-refractivity contribution in [2.45, 2.75) is 26.7 Å². The van der Waals surface area contributed by atoms with E-state index in [4.69, 9.17) is 11.6 Å². The summed E-state index contributed by atoms with van der Waals surface area (Å²) in [6.45, 7) is 6.54. The summed E-state index contributed by atoms with van der Waals surface area (Å²) in [6.07, 6.45) is 2.38. The molecule has 0 saturated heterocycles. The molecule has 0 rings (SSSR count). The van der Waals surface area contributed by atoms with Crippen molar-refractivity contribution in [3.05, 3.63) is 0 Å². The number of nitrogens with one attached hydrogen (secondary N) is 1. The predicted octanol–water partition coefficient (Wildman–Crippen LogP) is 2.25. The van der Waals surface area contributed by atoms with Crippen molar-refractivity contribution in [3.63, 3.8) is 0 Å². The average molecular weight is 164 g/mol. The Hall–Kier alpha value is 0.250. The molecule has 0 amide bonds. The number of hydrogen-bond donors (Lipinski definition) is 1. The minimum Gasteiger partial charge on any atom is -0.317 e. The molecular weight excluding hydrogens is 146 g/mol. The molecule has 0 saturated carbocycles. The van der Waals surface area contributed by atoms with E-state index in [9.17, 15) is 0 Å². The van der Waals surface area contributed by atoms with Gasteiger partial charge in [-0.1, -0.05) is 20.3 Å². The monoisotopic (exact) mass is 163 g/mol. The molecular formula is C8H18ClN. The summed E-state index contributed by atoms with van der Waals surface area (Å²) in [7, 11) is 0. The highest BCUT2D eigenvalue weighted by molar-refractivity contribution is 6.17. The Morgan fingerprint density at radius 3 is 2.50 bits per heavy atom. The molecule has 0 heterocycles. The van der Waals surface area contributed by atoms with Crippen LogP contribution in [0.5, 0.6) is 0 Å². The SMILES string of the molecule is CCNCC(CC)CCCl. The van der Waals surface area contributed by atoms with Crippen LogP contribution in [0.3, 0.4) is 0 Å². The standard InChI is InChI=1S/C8H18ClN/c1-3-8(5-6-9)7-10-4-2/h8,10H,3-7H2,1-2H3. The fourth-order valence-corrected chi connectivity index (χ4v) is 1.26. The van der Waals surface area contributed by atoms with Crippen LogP contribution in [0.1, 0.15) is 26.7 Å². The largest absolute Gasteiger partial charge is 0.317 e. The maximum Gasteiger partial charge on any atom is 0.0226 e. The summed E-state index contributed by atoms with van der Waals surface area (Å²) in [5.74, 6) is 1.57. The molecule has 1 atom stereocenters. The van der Waals surface area contributed by atoms with Crippen LogP contribution >= 0.6 is 11.6 Å². The Bertz CT molecular complexity index is 66.3. The highest BCUT2D eigenvalue weighted by Gasteiger charge is 2.02. The minimum absolute atomic E-state index is 0.775. The molecule has 1 nitrogen and oxygen atoms in total. The second-order valence-electron chi connectivity index (χ2n) is 2.56. The van der Waals surface area contributed by atoms with Gasteiger partial charge in [-0.2, -0.15) is 0 Å². The van der Waals surface area contributed by atoms with Crippen LogP contribution < -0.4 is 5.32 Å². The van der Waals surface area contributed by atoms with E-state index in [0.29, 0.717) is 0 Å². The lowest BCUT2D eigenvalue weighted by molar-refractivity contribution is 0.459. The van der Waals surface area contributed by atoms with Gasteiger partial charge in [0.2, 0.25) is 0 Å². The predicted molar refractivity (Wildman–Crippen MR) is 47.7 cm³/mol. The van der Waals surface area contributed by atoms with Gasteiger partial charge in [-0.3, -0.25) is 0 Å². The molecule has 0 radical (unpaired) electrons. The number of alkyl halides is 1. The van der Waals surface area contributed by atoms with E-state index in [1.165, 1.54) is 6.42 Å². The quantitative estimate of drug-likeness (QED) is 0.593. The number of hydrogen-bond acceptors (Lipinski definition) is 1. The molecule has 62 valence electrons. The van der Waals surface area contributed by atoms with Crippen molar-refractivity contribution < 1.29 is 0 Å². The van der Waals surface area contributed by atoms with E-state index in [1.54, 1.807) is 0 Å². The Kier molecular flexibility index (Phi) is 7.54. The van der Waals surface area contributed by atoms with Gasteiger partial charge in [0, 0.05) is 5.88 Å². The van der Waals surface area contributed by atoms with Crippen LogP contribution in [0.2, 0.25) is 0 Å². The van der Waals surface area contributed by atoms with Crippen molar-refractivity contribution in [2.24, 2.45) is 5.92 Å². The van der Waals surface area contributed by atoms with Crippen LogP contribution in [0, 0.1) is 5.92 Å². The van der Waals surface area contributed by atoms with Gasteiger partial charge in [-0.05, 0) is 25.4 Å². The van der Waals surface area contributed by atoms with Crippen LogP contribution in [0.15, 0.2) is 0 Å². The van der Waals surface area contributed by atoms with Crippen LogP contribution in [-0.4, -0.2) is 19.0 Å². The normalized spacial score (nSPS) is 13.5. The molecule has 1 N–H and O–H groups in total. The first-order valence-corrected chi connectivity index (χ1v) is 4.65. The third-order valence-electron chi connectivity index (χ3n) is 1.78. The molecule has 2 heteroatoms. The molecule has 0 aromatic carbocycles. The molecule has 0 fully saturated rings. The van der Waals surface area contributed by atoms with Gasteiger partial charge in [-0.25, -0.2) is 0 Å². The highest BCUT2D eigenvalue weighted by atomic mass is 35.5. The fraction of sp³-hybridized carbons (Fsp3) is 1.00. The van der Waals surface area contributed by atoms with Crippen molar-refractivity contribution in [3.8, 4) is 0 Å². The zero-order valence-corrected chi connectivity index (χ0v) is 7.75. The Labute approximate surface area is 69.1 Å². The van der Waals surface area contributed by atoms with Gasteiger partial charge < -0.3 is 5.32 Å². The third kappa shape index (κ3) is 5.07. The summed E-state index contributed by atoms with van der Waals surface area (Å²) < 4.78 is 0. The lowest BCUT2D eigenvalue weighted by Gasteiger charge is -2.12. The zero-order valence-electron chi connectivity index (χ0n) is 6.99. The van der Waals surface area contributed by atoms with Crippen molar-refractivity contribution >= 4 is 11.6 Å². The second-order valence-corrected chi connectivity index (χ2v) is 2.94. The first-order chi connectivity index (χ1) is 4.85. The summed E-state index contributed by atoms with van der Waals surface area (Å²) in [6, 6.07) is 0. The van der Waals surface area contributed by atoms with Gasteiger partial charge in [0.25, 0.3) is 0 Å². The van der Waals surface area contributed by atoms with Gasteiger partial charge >= 0.3 is 0 Å². The lowest BCUT2D eigenvalue weighted by atomic mass is 10.0. The first kappa shape index (κ1) is 10.2. The van der Waals surface area contributed by atoms with E-state index in [2.05, 4.69) is 19.2 Å². The summed E-state index contributed by atoms with van der Waals surface area (Å²) in [5, 5.41) is 3.33. The lowest BCUT2D eigenvalue weighted by Crippen LogP contribution is -2.22. The van der Waals surface area contributed by atoms with E-state index in [1.807, 2.05) is 0 Å². The summed E-state index contributed by atoms with van der Waals surface area (Å²) in [5.41, 5.74) is 0. The molecule has 0 aliphatic heterocycles. The summed E-state index contributed by atoms with van der Waals surface area (Å²) >= 11 is 5.63. The molecule has 0 aromatic rings. The maximum absolute atomic E-state index is 5.63. The number of halogens is 1. The molecule has 1 unspecified atom stereocenters. The van der Waals surface area contributed by atoms with Crippen LogP contribution in [0.4, 0.5) is 0 Å². The van der Waals surface area contributed by atoms with Gasteiger partial charge in [0.1, 0.15) is 0 Å². The van der Waals surface area contributed by atoms with Crippen molar-refractivity contribution in [1.29, 1.82) is 0 Å². The van der Waals surface area contributed by atoms with Crippen LogP contribution in [-0.2, 0) is 0 Å². The minimum atomic E-state index is 0.775. The average Bonchev–Trinajstić information content (AvgIpc) is 1.98. The van der Waals surface area contributed by atoms with E-state index in [-0.39, 0.29) is 0 Å². The fourth-order valence-electron chi connectivity index (χ4n) is 0.953. The van der Waals surface area contributed by atoms with Gasteiger partial charge in [0.05, 0.1) is 0 Å². The highest BCUT2D eigenvalue weighted by Crippen LogP contribution is 2.07. The smallest absolute Gasteiger partial charge is 0.0226 e. The maximum atomic E-state index is 5.63. The van der Waals surface area contributed by atoms with E-state index in [0.717, 1.165) is 31.3 Å². The van der Waals surface area contributed by atoms with Gasteiger partial charge in [-0.15, -0.1) is 11.6 Å². The Morgan fingerprint density at radius 1 is 1.40 bits per heavy atom. The zero-order chi connectivity index (χ0) is 7.82. The van der Waals surface area contributed by atoms with Crippen molar-refractivity contribution in [2.75, 3.05) is 19.0 Å². The molecule has 0 aromatic heterocycles. The van der Waals surface area contributed by atoms with Crippen molar-refractivity contribution in [1.82, 2.24) is 5.32 Å². The Morgan fingerprint density at radius 2 is 2.10 bits per heavy atom. The van der Waals surface area contributed by atoms with E-state index >= 15 is 0 Å². The third-order valence-corrected chi connectivity index (χ3v) is 2.00. The second kappa shape index (κ2) is 7.36. The molecule has 0 aliphatic carbocycles.